The summed E-state index contributed by atoms with van der Waals surface area (Å²) in [5, 5.41) is 13.4. The Labute approximate surface area is 110 Å². The minimum atomic E-state index is -0.615. The number of halogens is 1. The summed E-state index contributed by atoms with van der Waals surface area (Å²) in [4.78, 5) is 0. The van der Waals surface area contributed by atoms with Gasteiger partial charge in [-0.15, -0.1) is 0 Å². The van der Waals surface area contributed by atoms with E-state index in [1.54, 1.807) is 0 Å². The first-order chi connectivity index (χ1) is 7.93. The fraction of sp³-hybridized carbons (Fsp3) is 0.385. The fourth-order valence-corrected chi connectivity index (χ4v) is 2.49. The van der Waals surface area contributed by atoms with Crippen LogP contribution in [0.25, 0.3) is 5.57 Å². The van der Waals surface area contributed by atoms with Gasteiger partial charge in [-0.1, -0.05) is 28.1 Å². The highest BCUT2D eigenvalue weighted by atomic mass is 79.9. The lowest BCUT2D eigenvalue weighted by molar-refractivity contribution is 0.240. The number of aliphatic hydroxyl groups is 1. The number of hydrogen-bond acceptors (Lipinski definition) is 3. The average Bonchev–Trinajstić information content (AvgIpc) is 2.25. The number of fused-ring (bicyclic) bond motifs is 1. The summed E-state index contributed by atoms with van der Waals surface area (Å²) in [7, 11) is 0. The molecule has 0 aromatic heterocycles. The third-order valence-electron chi connectivity index (χ3n) is 2.85. The number of benzene rings is 1. The predicted octanol–water partition coefficient (Wildman–Crippen LogP) is 2.36. The van der Waals surface area contributed by atoms with Gasteiger partial charge in [0.25, 0.3) is 0 Å². The normalized spacial score (nSPS) is 19.0. The third-order valence-corrected chi connectivity index (χ3v) is 3.34. The molecule has 0 aliphatic carbocycles. The second-order valence-electron chi connectivity index (χ2n) is 4.89. The van der Waals surface area contributed by atoms with Crippen molar-refractivity contribution in [2.45, 2.75) is 25.5 Å². The molecule has 1 unspecified atom stereocenters. The Bertz CT molecular complexity index is 468. The first-order valence-corrected chi connectivity index (χ1v) is 6.41. The molecular formula is C13H17BrN2O. The van der Waals surface area contributed by atoms with Gasteiger partial charge < -0.3 is 16.2 Å². The van der Waals surface area contributed by atoms with Crippen LogP contribution in [-0.2, 0) is 0 Å². The minimum absolute atomic E-state index is 0.181. The molecule has 1 atom stereocenters. The molecule has 1 aliphatic heterocycles. The van der Waals surface area contributed by atoms with Gasteiger partial charge in [0.05, 0.1) is 11.6 Å². The fourth-order valence-electron chi connectivity index (χ4n) is 2.12. The summed E-state index contributed by atoms with van der Waals surface area (Å²) in [6, 6.07) is 5.98. The van der Waals surface area contributed by atoms with Gasteiger partial charge in [0.15, 0.2) is 0 Å². The van der Waals surface area contributed by atoms with Gasteiger partial charge in [0.2, 0.25) is 0 Å². The summed E-state index contributed by atoms with van der Waals surface area (Å²) in [5.74, 6) is 0. The van der Waals surface area contributed by atoms with Crippen molar-refractivity contribution in [2.75, 3.05) is 11.9 Å². The van der Waals surface area contributed by atoms with Gasteiger partial charge in [-0.25, -0.2) is 0 Å². The first-order valence-electron chi connectivity index (χ1n) is 5.62. The summed E-state index contributed by atoms with van der Waals surface area (Å²) >= 11 is 3.46. The molecule has 1 aliphatic rings. The van der Waals surface area contributed by atoms with Crippen molar-refractivity contribution in [2.24, 2.45) is 5.73 Å². The topological polar surface area (TPSA) is 58.3 Å². The van der Waals surface area contributed by atoms with Gasteiger partial charge in [-0.2, -0.15) is 0 Å². The monoisotopic (exact) mass is 296 g/mol. The van der Waals surface area contributed by atoms with Crippen molar-refractivity contribution in [1.82, 2.24) is 0 Å². The smallest absolute Gasteiger partial charge is 0.0916 e. The van der Waals surface area contributed by atoms with Crippen LogP contribution in [0.2, 0.25) is 0 Å². The van der Waals surface area contributed by atoms with Gasteiger partial charge >= 0.3 is 0 Å². The second-order valence-corrected chi connectivity index (χ2v) is 5.80. The molecule has 17 heavy (non-hydrogen) atoms. The lowest BCUT2D eigenvalue weighted by Crippen LogP contribution is -2.35. The van der Waals surface area contributed by atoms with Crippen LogP contribution in [0.15, 0.2) is 28.7 Å². The van der Waals surface area contributed by atoms with E-state index in [2.05, 4.69) is 35.1 Å². The Balaban J connectivity index is 2.54. The molecule has 0 saturated carbocycles. The van der Waals surface area contributed by atoms with Gasteiger partial charge in [-0.05, 0) is 31.6 Å². The van der Waals surface area contributed by atoms with Crippen LogP contribution < -0.4 is 11.1 Å². The molecule has 0 amide bonds. The predicted molar refractivity (Wildman–Crippen MR) is 74.9 cm³/mol. The number of nitrogens with two attached hydrogens (primary N) is 1. The van der Waals surface area contributed by atoms with Crippen LogP contribution >= 0.6 is 15.9 Å². The molecule has 1 heterocycles. The lowest BCUT2D eigenvalue weighted by Gasteiger charge is -2.33. The summed E-state index contributed by atoms with van der Waals surface area (Å²) in [6.07, 6.45) is 1.43. The quantitative estimate of drug-likeness (QED) is 0.785. The molecule has 1 aromatic carbocycles. The first kappa shape index (κ1) is 12.6. The minimum Gasteiger partial charge on any atom is -0.387 e. The molecule has 3 nitrogen and oxygen atoms in total. The van der Waals surface area contributed by atoms with Crippen molar-refractivity contribution < 1.29 is 5.11 Å². The van der Waals surface area contributed by atoms with E-state index in [0.29, 0.717) is 0 Å². The van der Waals surface area contributed by atoms with Gasteiger partial charge in [0.1, 0.15) is 0 Å². The van der Waals surface area contributed by atoms with Gasteiger partial charge in [-0.3, -0.25) is 0 Å². The van der Waals surface area contributed by atoms with E-state index in [9.17, 15) is 5.11 Å². The molecule has 0 spiro atoms. The standard InChI is InChI=1S/C13H17BrN2O/c1-13(2)6-10(12(17)7-15)9-4-3-8(14)5-11(9)16-13/h3-6,12,16-17H,7,15H2,1-2H3. The SMILES string of the molecule is CC1(C)C=C(C(O)CN)c2ccc(Br)cc2N1. The van der Waals surface area contributed by atoms with Crippen LogP contribution in [0, 0.1) is 0 Å². The van der Waals surface area contributed by atoms with E-state index in [-0.39, 0.29) is 12.1 Å². The maximum Gasteiger partial charge on any atom is 0.0916 e. The zero-order chi connectivity index (χ0) is 12.6. The van der Waals surface area contributed by atoms with E-state index in [0.717, 1.165) is 21.3 Å². The van der Waals surface area contributed by atoms with Crippen molar-refractivity contribution in [3.05, 3.63) is 34.3 Å². The van der Waals surface area contributed by atoms with Crippen LogP contribution in [0.5, 0.6) is 0 Å². The van der Waals surface area contributed by atoms with E-state index in [1.807, 2.05) is 24.3 Å². The van der Waals surface area contributed by atoms with E-state index in [1.165, 1.54) is 0 Å². The number of aliphatic hydroxyl groups excluding tert-OH is 1. The largest absolute Gasteiger partial charge is 0.387 e. The molecule has 4 heteroatoms. The van der Waals surface area contributed by atoms with Crippen molar-refractivity contribution in [3.63, 3.8) is 0 Å². The molecule has 4 N–H and O–H groups in total. The summed E-state index contributed by atoms with van der Waals surface area (Å²) < 4.78 is 1.02. The van der Waals surface area contributed by atoms with Crippen molar-refractivity contribution in [1.29, 1.82) is 0 Å². The average molecular weight is 297 g/mol. The van der Waals surface area contributed by atoms with E-state index < -0.39 is 6.10 Å². The van der Waals surface area contributed by atoms with Crippen LogP contribution in [0.1, 0.15) is 19.4 Å². The van der Waals surface area contributed by atoms with Crippen LogP contribution in [0.4, 0.5) is 5.69 Å². The second kappa shape index (κ2) is 4.44. The number of rotatable bonds is 2. The van der Waals surface area contributed by atoms with E-state index >= 15 is 0 Å². The highest BCUT2D eigenvalue weighted by Crippen LogP contribution is 2.36. The lowest BCUT2D eigenvalue weighted by atomic mass is 9.88. The molecule has 0 bridgehead atoms. The van der Waals surface area contributed by atoms with Crippen molar-refractivity contribution in [3.8, 4) is 0 Å². The Morgan fingerprint density at radius 1 is 1.47 bits per heavy atom. The number of hydrogen-bond donors (Lipinski definition) is 3. The van der Waals surface area contributed by atoms with Crippen LogP contribution in [0.3, 0.4) is 0 Å². The maximum absolute atomic E-state index is 10.00. The van der Waals surface area contributed by atoms with Crippen LogP contribution in [-0.4, -0.2) is 23.3 Å². The summed E-state index contributed by atoms with van der Waals surface area (Å²) in [5.41, 5.74) is 8.32. The third kappa shape index (κ3) is 2.54. The van der Waals surface area contributed by atoms with E-state index in [4.69, 9.17) is 5.73 Å². The molecule has 0 saturated heterocycles. The summed E-state index contributed by atoms with van der Waals surface area (Å²) in [6.45, 7) is 4.37. The highest BCUT2D eigenvalue weighted by molar-refractivity contribution is 9.10. The Morgan fingerprint density at radius 2 is 2.18 bits per heavy atom. The molecular weight excluding hydrogens is 280 g/mol. The molecule has 92 valence electrons. The zero-order valence-electron chi connectivity index (χ0n) is 10.00. The molecule has 1 aromatic rings. The molecule has 0 radical (unpaired) electrons. The maximum atomic E-state index is 10.00. The molecule has 2 rings (SSSR count). The van der Waals surface area contributed by atoms with Gasteiger partial charge in [0, 0.05) is 22.3 Å². The number of anilines is 1. The Kier molecular flexibility index (Phi) is 3.30. The molecule has 0 fully saturated rings. The zero-order valence-corrected chi connectivity index (χ0v) is 11.6. The Hall–Kier alpha value is -0.840. The Morgan fingerprint density at radius 3 is 2.82 bits per heavy atom. The van der Waals surface area contributed by atoms with Crippen molar-refractivity contribution >= 4 is 27.2 Å². The number of nitrogens with one attached hydrogen (secondary N) is 1. The highest BCUT2D eigenvalue weighted by Gasteiger charge is 2.27.